The van der Waals surface area contributed by atoms with Crippen LogP contribution in [0.3, 0.4) is 0 Å². The Balaban J connectivity index is 1.88. The van der Waals surface area contributed by atoms with Crippen LogP contribution in [0.4, 0.5) is 5.69 Å². The van der Waals surface area contributed by atoms with Gasteiger partial charge in [0.05, 0.1) is 19.2 Å². The van der Waals surface area contributed by atoms with Gasteiger partial charge in [0.2, 0.25) is 11.7 Å². The fraction of sp³-hybridized carbons (Fsp3) is 0.150. The first kappa shape index (κ1) is 19.0. The maximum atomic E-state index is 12.7. The third kappa shape index (κ3) is 3.66. The van der Waals surface area contributed by atoms with Gasteiger partial charge in [-0.25, -0.2) is 4.90 Å². The van der Waals surface area contributed by atoms with Crippen molar-refractivity contribution in [3.05, 3.63) is 47.5 Å². The molecule has 0 spiro atoms. The van der Waals surface area contributed by atoms with Gasteiger partial charge in [-0.1, -0.05) is 0 Å². The fourth-order valence-electron chi connectivity index (χ4n) is 2.83. The van der Waals surface area contributed by atoms with Crippen LogP contribution >= 0.6 is 0 Å². The summed E-state index contributed by atoms with van der Waals surface area (Å²) in [5.74, 6) is -1.85. The second-order valence-electron chi connectivity index (χ2n) is 6.06. The van der Waals surface area contributed by atoms with E-state index in [2.05, 4.69) is 0 Å². The molecule has 2 aromatic rings. The third-order valence-electron chi connectivity index (χ3n) is 4.06. The van der Waals surface area contributed by atoms with Crippen LogP contribution in [-0.2, 0) is 14.4 Å². The minimum atomic E-state index is -0.503. The van der Waals surface area contributed by atoms with Gasteiger partial charge in [-0.05, 0) is 48.0 Å². The molecule has 0 aromatic heterocycles. The molecule has 1 heterocycles. The summed E-state index contributed by atoms with van der Waals surface area (Å²) in [4.78, 5) is 37.1. The number of rotatable bonds is 4. The Morgan fingerprint density at radius 1 is 1.14 bits per heavy atom. The normalized spacial score (nSPS) is 15.2. The quantitative estimate of drug-likeness (QED) is 0.274. The predicted octanol–water partition coefficient (Wildman–Crippen LogP) is 2.38. The molecule has 0 radical (unpaired) electrons. The molecule has 0 unspecified atom stereocenters. The molecule has 8 nitrogen and oxygen atoms in total. The summed E-state index contributed by atoms with van der Waals surface area (Å²) in [5.41, 5.74) is 0.969. The Labute approximate surface area is 160 Å². The highest BCUT2D eigenvalue weighted by Gasteiger charge is 2.35. The minimum absolute atomic E-state index is 0.0431. The summed E-state index contributed by atoms with van der Waals surface area (Å²) in [6, 6.07) is 8.69. The van der Waals surface area contributed by atoms with Crippen LogP contribution in [0.25, 0.3) is 6.08 Å². The standard InChI is InChI=1S/C20H17NO7/c1-11(22)28-15-5-3-14(4-6-15)21-18(24)10-13(20(21)26)7-12-8-16(23)19(25)17(9-12)27-2/h3-9,23,25H,10H2,1-2H3. The zero-order valence-electron chi connectivity index (χ0n) is 15.1. The second-order valence-corrected chi connectivity index (χ2v) is 6.06. The number of amides is 2. The molecule has 3 rings (SSSR count). The van der Waals surface area contributed by atoms with Crippen LogP contribution in [-0.4, -0.2) is 35.1 Å². The van der Waals surface area contributed by atoms with Crippen molar-refractivity contribution in [3.63, 3.8) is 0 Å². The van der Waals surface area contributed by atoms with Crippen LogP contribution < -0.4 is 14.4 Å². The number of phenols is 2. The molecule has 0 bridgehead atoms. The second kappa shape index (κ2) is 7.43. The zero-order chi connectivity index (χ0) is 20.4. The van der Waals surface area contributed by atoms with E-state index >= 15 is 0 Å². The smallest absolute Gasteiger partial charge is 0.308 e. The van der Waals surface area contributed by atoms with Gasteiger partial charge in [0.25, 0.3) is 5.91 Å². The molecular formula is C20H17NO7. The number of hydrogen-bond donors (Lipinski definition) is 2. The van der Waals surface area contributed by atoms with Gasteiger partial charge < -0.3 is 19.7 Å². The lowest BCUT2D eigenvalue weighted by Crippen LogP contribution is -2.28. The van der Waals surface area contributed by atoms with Gasteiger partial charge in [-0.15, -0.1) is 0 Å². The first-order chi connectivity index (χ1) is 13.3. The molecule has 1 fully saturated rings. The summed E-state index contributed by atoms with van der Waals surface area (Å²) < 4.78 is 9.90. The molecule has 28 heavy (non-hydrogen) atoms. The number of carbonyl (C=O) groups is 3. The molecule has 0 atom stereocenters. The molecule has 2 amide bonds. The Hall–Kier alpha value is -3.81. The average Bonchev–Trinajstić information content (AvgIpc) is 2.91. The fourth-order valence-corrected chi connectivity index (χ4v) is 2.83. The van der Waals surface area contributed by atoms with Crippen LogP contribution in [0.5, 0.6) is 23.0 Å². The number of anilines is 1. The molecule has 1 aliphatic heterocycles. The van der Waals surface area contributed by atoms with Crippen molar-refractivity contribution in [2.45, 2.75) is 13.3 Å². The predicted molar refractivity (Wildman–Crippen MR) is 99.2 cm³/mol. The number of aromatic hydroxyl groups is 2. The van der Waals surface area contributed by atoms with Gasteiger partial charge in [0, 0.05) is 12.5 Å². The van der Waals surface area contributed by atoms with Crippen LogP contribution in [0.1, 0.15) is 18.9 Å². The topological polar surface area (TPSA) is 113 Å². The number of ether oxygens (including phenoxy) is 2. The molecule has 2 N–H and O–H groups in total. The minimum Gasteiger partial charge on any atom is -0.504 e. The number of imide groups is 1. The van der Waals surface area contributed by atoms with E-state index in [-0.39, 0.29) is 17.7 Å². The third-order valence-corrected chi connectivity index (χ3v) is 4.06. The van der Waals surface area contributed by atoms with Crippen LogP contribution in [0, 0.1) is 0 Å². The zero-order valence-corrected chi connectivity index (χ0v) is 15.1. The number of carbonyl (C=O) groups excluding carboxylic acids is 3. The Morgan fingerprint density at radius 2 is 1.82 bits per heavy atom. The molecule has 1 saturated heterocycles. The van der Waals surface area contributed by atoms with Crippen molar-refractivity contribution in [1.82, 2.24) is 0 Å². The number of esters is 1. The average molecular weight is 383 g/mol. The molecule has 1 aliphatic rings. The van der Waals surface area contributed by atoms with Gasteiger partial charge in [-0.3, -0.25) is 14.4 Å². The highest BCUT2D eigenvalue weighted by atomic mass is 16.5. The van der Waals surface area contributed by atoms with Gasteiger partial charge >= 0.3 is 5.97 Å². The van der Waals surface area contributed by atoms with E-state index in [1.807, 2.05) is 0 Å². The van der Waals surface area contributed by atoms with Crippen LogP contribution in [0.15, 0.2) is 42.0 Å². The molecule has 0 saturated carbocycles. The number of methoxy groups -OCH3 is 1. The van der Waals surface area contributed by atoms with Crippen LogP contribution in [0.2, 0.25) is 0 Å². The maximum absolute atomic E-state index is 12.7. The monoisotopic (exact) mass is 383 g/mol. The molecule has 0 aliphatic carbocycles. The van der Waals surface area contributed by atoms with Crippen molar-refractivity contribution in [2.24, 2.45) is 0 Å². The van der Waals surface area contributed by atoms with E-state index in [1.165, 1.54) is 56.5 Å². The Bertz CT molecular complexity index is 992. The maximum Gasteiger partial charge on any atom is 0.308 e. The number of phenolic OH excluding ortho intramolecular Hbond substituents is 2. The van der Waals surface area contributed by atoms with E-state index in [0.29, 0.717) is 17.0 Å². The van der Waals surface area contributed by atoms with E-state index in [4.69, 9.17) is 9.47 Å². The van der Waals surface area contributed by atoms with Gasteiger partial charge in [0.1, 0.15) is 5.75 Å². The molecule has 2 aromatic carbocycles. The summed E-state index contributed by atoms with van der Waals surface area (Å²) in [6.07, 6.45) is 1.34. The van der Waals surface area contributed by atoms with Crippen molar-refractivity contribution in [1.29, 1.82) is 0 Å². The highest BCUT2D eigenvalue weighted by molar-refractivity contribution is 6.29. The number of nitrogens with zero attached hydrogens (tertiary/aromatic N) is 1. The van der Waals surface area contributed by atoms with Crippen molar-refractivity contribution in [2.75, 3.05) is 12.0 Å². The van der Waals surface area contributed by atoms with E-state index in [0.717, 1.165) is 4.90 Å². The van der Waals surface area contributed by atoms with Crippen molar-refractivity contribution < 1.29 is 34.1 Å². The SMILES string of the molecule is COc1cc(C=C2CC(=O)N(c3ccc(OC(C)=O)cc3)C2=O)cc(O)c1O. The van der Waals surface area contributed by atoms with E-state index in [1.54, 1.807) is 0 Å². The number of benzene rings is 2. The van der Waals surface area contributed by atoms with Crippen molar-refractivity contribution >= 4 is 29.5 Å². The number of hydrogen-bond acceptors (Lipinski definition) is 7. The summed E-state index contributed by atoms with van der Waals surface area (Å²) in [5, 5.41) is 19.5. The lowest BCUT2D eigenvalue weighted by atomic mass is 10.1. The lowest BCUT2D eigenvalue weighted by Gasteiger charge is -2.14. The van der Waals surface area contributed by atoms with Crippen molar-refractivity contribution in [3.8, 4) is 23.0 Å². The molecule has 8 heteroatoms. The van der Waals surface area contributed by atoms with E-state index in [9.17, 15) is 24.6 Å². The lowest BCUT2D eigenvalue weighted by molar-refractivity contribution is -0.132. The highest BCUT2D eigenvalue weighted by Crippen LogP contribution is 2.37. The Morgan fingerprint density at radius 3 is 2.43 bits per heavy atom. The van der Waals surface area contributed by atoms with Gasteiger partial charge in [0.15, 0.2) is 11.5 Å². The van der Waals surface area contributed by atoms with E-state index < -0.39 is 29.3 Å². The summed E-state index contributed by atoms with van der Waals surface area (Å²) in [7, 11) is 1.33. The molecular weight excluding hydrogens is 366 g/mol. The Kier molecular flexibility index (Phi) is 5.04. The van der Waals surface area contributed by atoms with Gasteiger partial charge in [-0.2, -0.15) is 0 Å². The summed E-state index contributed by atoms with van der Waals surface area (Å²) >= 11 is 0. The molecule has 144 valence electrons. The largest absolute Gasteiger partial charge is 0.504 e. The first-order valence-electron chi connectivity index (χ1n) is 8.26. The first-order valence-corrected chi connectivity index (χ1v) is 8.26. The summed E-state index contributed by atoms with van der Waals surface area (Å²) in [6.45, 7) is 1.27.